The number of aromatic amines is 2. The quantitative estimate of drug-likeness (QED) is 0.0374. The van der Waals surface area contributed by atoms with Crippen molar-refractivity contribution in [2.24, 2.45) is 0 Å². The van der Waals surface area contributed by atoms with E-state index in [1.165, 1.54) is 142 Å². The Bertz CT molecular complexity index is 1560. The van der Waals surface area contributed by atoms with Gasteiger partial charge in [0.25, 0.3) is 0 Å². The molecular formula is C58H102N8O6. The molecule has 0 aliphatic rings. The zero-order chi connectivity index (χ0) is 52.3. The molecule has 2 aromatic heterocycles. The molecule has 4 amide bonds. The lowest BCUT2D eigenvalue weighted by Crippen LogP contribution is -2.54. The Hall–Kier alpha value is -4.30. The lowest BCUT2D eigenvalue weighted by Gasteiger charge is -2.35. The number of allylic oxidation sites excluding steroid dienone is 4. The average Bonchev–Trinajstić information content (AvgIpc) is 4.09. The predicted molar refractivity (Wildman–Crippen MR) is 293 cm³/mol. The number of aromatic nitrogens is 4. The fraction of sp³-hybridized carbons (Fsp3) is 0.759. The summed E-state index contributed by atoms with van der Waals surface area (Å²) in [4.78, 5) is 70.5. The van der Waals surface area contributed by atoms with Crippen molar-refractivity contribution < 1.29 is 28.7 Å². The van der Waals surface area contributed by atoms with Crippen LogP contribution in [0.25, 0.3) is 0 Å². The van der Waals surface area contributed by atoms with Crippen molar-refractivity contribution in [2.75, 3.05) is 40.4 Å². The van der Waals surface area contributed by atoms with Gasteiger partial charge in [0.1, 0.15) is 24.3 Å². The van der Waals surface area contributed by atoms with Gasteiger partial charge in [-0.05, 0) is 64.2 Å². The number of hydrogen-bond donors (Lipinski definition) is 4. The van der Waals surface area contributed by atoms with E-state index >= 15 is 0 Å². The molecule has 410 valence electrons. The van der Waals surface area contributed by atoms with E-state index in [0.717, 1.165) is 62.8 Å². The number of unbranched alkanes of at least 4 members (excludes halogenated alkanes) is 24. The Kier molecular flexibility index (Phi) is 38.2. The smallest absolute Gasteiger partial charge is 0.245 e. The number of amides is 4. The molecule has 4 unspecified atom stereocenters. The van der Waals surface area contributed by atoms with Crippen molar-refractivity contribution in [3.63, 3.8) is 0 Å². The van der Waals surface area contributed by atoms with E-state index in [1.807, 2.05) is 0 Å². The Labute approximate surface area is 436 Å². The molecule has 2 rings (SSSR count). The number of ether oxygens (including phenoxy) is 2. The van der Waals surface area contributed by atoms with Crippen molar-refractivity contribution in [1.82, 2.24) is 40.4 Å². The van der Waals surface area contributed by atoms with Crippen LogP contribution >= 0.6 is 0 Å². The molecule has 72 heavy (non-hydrogen) atoms. The van der Waals surface area contributed by atoms with Crippen LogP contribution < -0.4 is 10.6 Å². The van der Waals surface area contributed by atoms with Crippen LogP contribution in [0.4, 0.5) is 0 Å². The highest BCUT2D eigenvalue weighted by molar-refractivity contribution is 5.87. The summed E-state index contributed by atoms with van der Waals surface area (Å²) >= 11 is 0. The van der Waals surface area contributed by atoms with E-state index in [-0.39, 0.29) is 49.6 Å². The molecule has 0 bridgehead atoms. The largest absolute Gasteiger partial charge is 0.374 e. The summed E-state index contributed by atoms with van der Waals surface area (Å²) in [6, 6.07) is -1.65. The molecule has 0 spiro atoms. The minimum atomic E-state index is -0.824. The summed E-state index contributed by atoms with van der Waals surface area (Å²) in [5.41, 5.74) is 1.45. The number of H-pyrrole nitrogens is 2. The zero-order valence-corrected chi connectivity index (χ0v) is 46.2. The SMILES string of the molecule is CCCCCCCC/C=C\CCCCCCCCOC(CN(C)C(=O)C(Cc1cnc[nH]1)NC(C)=O)C(CN(C)C(=O)C(Cc1cnc[nH]1)NC(C)=O)OCCCCCCCC/C=C\CCCCCCCC. The van der Waals surface area contributed by atoms with Crippen molar-refractivity contribution >= 4 is 23.6 Å². The number of carbonyl (C=O) groups excluding carboxylic acids is 4. The van der Waals surface area contributed by atoms with E-state index in [4.69, 9.17) is 9.47 Å². The first kappa shape index (κ1) is 63.8. The van der Waals surface area contributed by atoms with Crippen molar-refractivity contribution in [3.05, 3.63) is 60.7 Å². The minimum absolute atomic E-state index is 0.174. The number of rotatable bonds is 47. The van der Waals surface area contributed by atoms with Crippen molar-refractivity contribution in [2.45, 2.75) is 245 Å². The van der Waals surface area contributed by atoms with Gasteiger partial charge in [-0.1, -0.05) is 154 Å². The van der Waals surface area contributed by atoms with Gasteiger partial charge in [0.05, 0.1) is 12.7 Å². The zero-order valence-electron chi connectivity index (χ0n) is 46.2. The Balaban J connectivity index is 2.11. The molecule has 4 atom stereocenters. The van der Waals surface area contributed by atoms with E-state index in [9.17, 15) is 19.2 Å². The van der Waals surface area contributed by atoms with E-state index in [2.05, 4.69) is 68.7 Å². The maximum absolute atomic E-state index is 14.2. The number of likely N-dealkylation sites (N-methyl/N-ethyl adjacent to an activating group) is 2. The first-order valence-electron chi connectivity index (χ1n) is 28.6. The molecule has 0 radical (unpaired) electrons. The number of imidazole rings is 2. The standard InChI is InChI=1S/C58H102N8O6/c1-7-9-11-13-15-17-19-21-23-25-27-29-31-33-35-37-39-71-55(45-65(5)57(69)53(63-49(3)67)41-51-43-59-47-61-51)56(46-66(6)58(70)54(64-50(4)68)42-52-44-60-48-62-52)72-40-38-36-34-32-30-28-26-24-22-20-18-16-14-12-10-8-2/h21-24,43-44,47-48,53-56H,7-20,25-42,45-46H2,1-6H3,(H,59,61)(H,60,62)(H,63,67)(H,64,68)/b23-21-,24-22-. The van der Waals surface area contributed by atoms with E-state index in [1.54, 1.807) is 48.9 Å². The minimum Gasteiger partial charge on any atom is -0.374 e. The van der Waals surface area contributed by atoms with Gasteiger partial charge in [0, 0.05) is 90.9 Å². The normalized spacial score (nSPS) is 13.4. The predicted octanol–water partition coefficient (Wildman–Crippen LogP) is 11.7. The van der Waals surface area contributed by atoms with Crippen LogP contribution in [0.15, 0.2) is 49.4 Å². The summed E-state index contributed by atoms with van der Waals surface area (Å²) < 4.78 is 13.5. The van der Waals surface area contributed by atoms with Crippen LogP contribution in [0.2, 0.25) is 0 Å². The number of nitrogens with one attached hydrogen (secondary N) is 4. The first-order valence-corrected chi connectivity index (χ1v) is 28.6. The lowest BCUT2D eigenvalue weighted by atomic mass is 10.1. The van der Waals surface area contributed by atoms with Crippen LogP contribution in [0, 0.1) is 0 Å². The van der Waals surface area contributed by atoms with Crippen LogP contribution in [0.1, 0.15) is 219 Å². The fourth-order valence-electron chi connectivity index (χ4n) is 9.10. The molecule has 0 saturated heterocycles. The highest BCUT2D eigenvalue weighted by Gasteiger charge is 2.33. The molecule has 0 saturated carbocycles. The van der Waals surface area contributed by atoms with Gasteiger partial charge in [-0.3, -0.25) is 19.2 Å². The lowest BCUT2D eigenvalue weighted by molar-refractivity contribution is -0.144. The highest BCUT2D eigenvalue weighted by Crippen LogP contribution is 2.17. The molecule has 14 nitrogen and oxygen atoms in total. The topological polar surface area (TPSA) is 175 Å². The van der Waals surface area contributed by atoms with Gasteiger partial charge in [-0.15, -0.1) is 0 Å². The second kappa shape index (κ2) is 43.1. The van der Waals surface area contributed by atoms with Gasteiger partial charge in [0.2, 0.25) is 23.6 Å². The number of hydrogen-bond acceptors (Lipinski definition) is 8. The summed E-state index contributed by atoms with van der Waals surface area (Å²) in [5.74, 6) is -1.16. The van der Waals surface area contributed by atoms with Crippen LogP contribution in [-0.2, 0) is 41.5 Å². The van der Waals surface area contributed by atoms with Gasteiger partial charge >= 0.3 is 0 Å². The van der Waals surface area contributed by atoms with Crippen LogP contribution in [-0.4, -0.2) is 118 Å². The van der Waals surface area contributed by atoms with Crippen molar-refractivity contribution in [3.8, 4) is 0 Å². The third-order valence-electron chi connectivity index (χ3n) is 13.4. The summed E-state index contributed by atoms with van der Waals surface area (Å²) in [5, 5.41) is 5.67. The Morgan fingerprint density at radius 1 is 0.500 bits per heavy atom. The van der Waals surface area contributed by atoms with Gasteiger partial charge < -0.3 is 39.9 Å². The summed E-state index contributed by atoms with van der Waals surface area (Å²) in [7, 11) is 3.44. The molecule has 2 heterocycles. The number of nitrogens with zero attached hydrogens (tertiary/aromatic N) is 4. The summed E-state index contributed by atoms with van der Waals surface area (Å²) in [6.07, 6.45) is 49.0. The third kappa shape index (κ3) is 32.7. The van der Waals surface area contributed by atoms with Crippen LogP contribution in [0.3, 0.4) is 0 Å². The van der Waals surface area contributed by atoms with E-state index in [0.29, 0.717) is 13.2 Å². The Morgan fingerprint density at radius 3 is 1.10 bits per heavy atom. The molecule has 2 aromatic rings. The average molecular weight is 1010 g/mol. The fourth-order valence-corrected chi connectivity index (χ4v) is 9.10. The second-order valence-corrected chi connectivity index (χ2v) is 20.2. The molecular weight excluding hydrogens is 905 g/mol. The Morgan fingerprint density at radius 2 is 0.806 bits per heavy atom. The first-order chi connectivity index (χ1) is 35.0. The molecule has 0 aliphatic carbocycles. The van der Waals surface area contributed by atoms with Crippen molar-refractivity contribution in [1.29, 1.82) is 0 Å². The third-order valence-corrected chi connectivity index (χ3v) is 13.4. The molecule has 14 heteroatoms. The highest BCUT2D eigenvalue weighted by atomic mass is 16.5. The van der Waals surface area contributed by atoms with Gasteiger partial charge in [0.15, 0.2) is 0 Å². The number of carbonyl (C=O) groups is 4. The second-order valence-electron chi connectivity index (χ2n) is 20.2. The molecule has 4 N–H and O–H groups in total. The molecule has 0 aliphatic heterocycles. The van der Waals surface area contributed by atoms with Gasteiger partial charge in [-0.25, -0.2) is 9.97 Å². The van der Waals surface area contributed by atoms with Gasteiger partial charge in [-0.2, -0.15) is 0 Å². The maximum Gasteiger partial charge on any atom is 0.245 e. The van der Waals surface area contributed by atoms with E-state index < -0.39 is 24.3 Å². The molecule has 0 fully saturated rings. The van der Waals surface area contributed by atoms with Crippen LogP contribution in [0.5, 0.6) is 0 Å². The maximum atomic E-state index is 14.2. The summed E-state index contributed by atoms with van der Waals surface area (Å²) in [6.45, 7) is 8.62. The molecule has 0 aromatic carbocycles. The monoisotopic (exact) mass is 1010 g/mol.